The predicted octanol–water partition coefficient (Wildman–Crippen LogP) is 7.10. The Morgan fingerprint density at radius 2 is 1.53 bits per heavy atom. The third kappa shape index (κ3) is 7.62. The minimum Gasteiger partial charge on any atom is -0.497 e. The summed E-state index contributed by atoms with van der Waals surface area (Å²) in [4.78, 5) is 26.2. The van der Waals surface area contributed by atoms with Crippen molar-refractivity contribution in [3.63, 3.8) is 0 Å². The molecule has 1 aliphatic carbocycles. The van der Waals surface area contributed by atoms with Gasteiger partial charge in [-0.3, -0.25) is 4.79 Å². The van der Waals surface area contributed by atoms with Gasteiger partial charge < -0.3 is 24.2 Å². The minimum absolute atomic E-state index is 0.0282. The van der Waals surface area contributed by atoms with Crippen LogP contribution in [0.25, 0.3) is 0 Å². The van der Waals surface area contributed by atoms with Gasteiger partial charge in [0, 0.05) is 62.2 Å². The number of carbonyl (C=O) groups is 1. The van der Waals surface area contributed by atoms with Gasteiger partial charge in [0.25, 0.3) is 0 Å². The van der Waals surface area contributed by atoms with Crippen molar-refractivity contribution in [3.8, 4) is 11.5 Å². The number of rotatable bonds is 10. The molecule has 1 atom stereocenters. The molecule has 1 aromatic heterocycles. The van der Waals surface area contributed by atoms with E-state index >= 15 is 8.78 Å². The summed E-state index contributed by atoms with van der Waals surface area (Å²) in [5, 5.41) is 0. The molecule has 1 aliphatic heterocycles. The molecule has 3 aromatic carbocycles. The lowest BCUT2D eigenvalue weighted by atomic mass is 9.79. The number of nitrogens with zero attached hydrogens (tertiary/aromatic N) is 5. The number of anilines is 2. The molecular formula is C38H38F5N5O3. The van der Waals surface area contributed by atoms with E-state index in [2.05, 4.69) is 16.5 Å². The Kier molecular flexibility index (Phi) is 10.4. The number of methoxy groups -OCH3 is 2. The third-order valence-corrected chi connectivity index (χ3v) is 9.59. The number of hydrogen-bond donors (Lipinski definition) is 0. The molecular weight excluding hydrogens is 669 g/mol. The third-order valence-electron chi connectivity index (χ3n) is 9.59. The summed E-state index contributed by atoms with van der Waals surface area (Å²) in [6.07, 6.45) is -2.16. The van der Waals surface area contributed by atoms with Crippen LogP contribution in [0.4, 0.5) is 33.5 Å². The Hall–Kier alpha value is -5.20. The second-order valence-electron chi connectivity index (χ2n) is 12.6. The summed E-state index contributed by atoms with van der Waals surface area (Å²) in [6, 6.07) is 14.6. The fraction of sp³-hybridized carbons (Fsp3) is 0.342. The van der Waals surface area contributed by atoms with Crippen LogP contribution >= 0.6 is 0 Å². The molecule has 0 bridgehead atoms. The monoisotopic (exact) mass is 707 g/mol. The number of fused-ring (bicyclic) bond motifs is 1. The lowest BCUT2D eigenvalue weighted by Gasteiger charge is -2.37. The van der Waals surface area contributed by atoms with E-state index in [9.17, 15) is 18.0 Å². The maximum Gasteiger partial charge on any atom is 0.419 e. The predicted molar refractivity (Wildman–Crippen MR) is 183 cm³/mol. The SMILES string of the molecule is C=CC(=O)N1CCN(c2ncnc3c2CCC(c2c(F)c(N(Cc4ccc(OC)cc4)Cc4ccc(OC)cc4)cc(F)c2C(F)(F)F)C3)CC1. The summed E-state index contributed by atoms with van der Waals surface area (Å²) < 4.78 is 87.2. The van der Waals surface area contributed by atoms with Crippen molar-refractivity contribution in [3.05, 3.63) is 119 Å². The molecule has 0 N–H and O–H groups in total. The van der Waals surface area contributed by atoms with Crippen LogP contribution < -0.4 is 19.3 Å². The maximum absolute atomic E-state index is 17.0. The van der Waals surface area contributed by atoms with Gasteiger partial charge in [-0.25, -0.2) is 18.7 Å². The van der Waals surface area contributed by atoms with Crippen molar-refractivity contribution in [2.75, 3.05) is 50.2 Å². The van der Waals surface area contributed by atoms with Crippen molar-refractivity contribution in [1.82, 2.24) is 14.9 Å². The molecule has 1 amide bonds. The van der Waals surface area contributed by atoms with E-state index in [1.54, 1.807) is 58.3 Å². The zero-order valence-electron chi connectivity index (χ0n) is 28.3. The second kappa shape index (κ2) is 15.0. The van der Waals surface area contributed by atoms with Crippen LogP contribution in [0, 0.1) is 11.6 Å². The Morgan fingerprint density at radius 3 is 2.06 bits per heavy atom. The average Bonchev–Trinajstić information content (AvgIpc) is 3.14. The summed E-state index contributed by atoms with van der Waals surface area (Å²) in [7, 11) is 3.05. The van der Waals surface area contributed by atoms with Crippen molar-refractivity contribution in [2.24, 2.45) is 0 Å². The van der Waals surface area contributed by atoms with Gasteiger partial charge in [0.1, 0.15) is 29.5 Å². The van der Waals surface area contributed by atoms with E-state index in [0.29, 0.717) is 55.3 Å². The largest absolute Gasteiger partial charge is 0.497 e. The normalized spacial score (nSPS) is 16.0. The standard InChI is InChI=1S/C38H38F5N5O3/c1-4-33(49)46-15-17-47(18-16-46)37-29-14-9-26(19-31(29)44-23-45-37)34-35(38(41,42)43)30(39)20-32(36(34)40)48(21-24-5-10-27(50-2)11-6-24)22-25-7-12-28(51-3)13-8-25/h4-8,10-13,20,23,26H,1,9,14-19,21-22H2,2-3H3. The van der Waals surface area contributed by atoms with Crippen LogP contribution in [0.5, 0.6) is 11.5 Å². The van der Waals surface area contributed by atoms with Crippen LogP contribution in [0.1, 0.15) is 45.8 Å². The first-order valence-electron chi connectivity index (χ1n) is 16.6. The van der Waals surface area contributed by atoms with Gasteiger partial charge in [-0.1, -0.05) is 30.8 Å². The van der Waals surface area contributed by atoms with E-state index in [4.69, 9.17) is 9.47 Å². The van der Waals surface area contributed by atoms with Gasteiger partial charge in [0.2, 0.25) is 5.91 Å². The number of ether oxygens (including phenoxy) is 2. The van der Waals surface area contributed by atoms with Gasteiger partial charge in [-0.15, -0.1) is 0 Å². The topological polar surface area (TPSA) is 71.0 Å². The molecule has 13 heteroatoms. The number of carbonyl (C=O) groups excluding carboxylic acids is 1. The molecule has 1 saturated heterocycles. The van der Waals surface area contributed by atoms with Gasteiger partial charge in [-0.05, 0) is 66.6 Å². The highest BCUT2D eigenvalue weighted by Crippen LogP contribution is 2.46. The zero-order valence-corrected chi connectivity index (χ0v) is 28.3. The van der Waals surface area contributed by atoms with Crippen LogP contribution in [0.2, 0.25) is 0 Å². The van der Waals surface area contributed by atoms with E-state index in [1.165, 1.54) is 26.6 Å². The first-order chi connectivity index (χ1) is 24.5. The first-order valence-corrected chi connectivity index (χ1v) is 16.6. The zero-order chi connectivity index (χ0) is 36.3. The molecule has 0 radical (unpaired) electrons. The Morgan fingerprint density at radius 1 is 0.941 bits per heavy atom. The van der Waals surface area contributed by atoms with Crippen LogP contribution in [0.3, 0.4) is 0 Å². The highest BCUT2D eigenvalue weighted by atomic mass is 19.4. The number of piperazine rings is 1. The summed E-state index contributed by atoms with van der Waals surface area (Å²) in [6.45, 7) is 5.63. The number of amides is 1. The number of hydrogen-bond acceptors (Lipinski definition) is 7. The van der Waals surface area contributed by atoms with Crippen molar-refractivity contribution in [1.29, 1.82) is 0 Å². The molecule has 0 spiro atoms. The number of benzene rings is 3. The Balaban J connectivity index is 1.37. The number of alkyl halides is 3. The lowest BCUT2D eigenvalue weighted by Crippen LogP contribution is -2.49. The fourth-order valence-corrected chi connectivity index (χ4v) is 6.97. The quantitative estimate of drug-likeness (QED) is 0.129. The van der Waals surface area contributed by atoms with E-state index in [-0.39, 0.29) is 43.9 Å². The van der Waals surface area contributed by atoms with Crippen LogP contribution in [0.15, 0.2) is 73.6 Å². The average molecular weight is 708 g/mol. The van der Waals surface area contributed by atoms with E-state index in [1.807, 2.05) is 4.90 Å². The minimum atomic E-state index is -5.14. The van der Waals surface area contributed by atoms with Gasteiger partial charge in [0.15, 0.2) is 5.82 Å². The van der Waals surface area contributed by atoms with Crippen LogP contribution in [-0.2, 0) is 36.9 Å². The van der Waals surface area contributed by atoms with Gasteiger partial charge in [-0.2, -0.15) is 13.2 Å². The van der Waals surface area contributed by atoms with E-state index in [0.717, 1.165) is 16.7 Å². The Labute approximate surface area is 293 Å². The first kappa shape index (κ1) is 35.6. The van der Waals surface area contributed by atoms with Crippen molar-refractivity contribution < 1.29 is 36.2 Å². The molecule has 8 nitrogen and oxygen atoms in total. The molecule has 1 unspecified atom stereocenters. The van der Waals surface area contributed by atoms with Crippen LogP contribution in [-0.4, -0.2) is 61.2 Å². The highest BCUT2D eigenvalue weighted by molar-refractivity contribution is 5.87. The second-order valence-corrected chi connectivity index (χ2v) is 12.6. The van der Waals surface area contributed by atoms with Gasteiger partial charge in [0.05, 0.1) is 25.5 Å². The Bertz CT molecular complexity index is 1830. The molecule has 2 heterocycles. The summed E-state index contributed by atoms with van der Waals surface area (Å²) in [5.41, 5.74) is 0.129. The molecule has 0 saturated carbocycles. The summed E-state index contributed by atoms with van der Waals surface area (Å²) >= 11 is 0. The van der Waals surface area contributed by atoms with E-state index < -0.39 is 34.9 Å². The highest BCUT2D eigenvalue weighted by Gasteiger charge is 2.43. The summed E-state index contributed by atoms with van der Waals surface area (Å²) in [5.74, 6) is -1.97. The molecule has 6 rings (SSSR count). The lowest BCUT2D eigenvalue weighted by molar-refractivity contribution is -0.141. The molecule has 4 aromatic rings. The molecule has 2 aliphatic rings. The molecule has 268 valence electrons. The van der Waals surface area contributed by atoms with Gasteiger partial charge >= 0.3 is 6.18 Å². The number of halogens is 5. The maximum atomic E-state index is 17.0. The van der Waals surface area contributed by atoms with Crippen molar-refractivity contribution in [2.45, 2.75) is 44.4 Å². The van der Waals surface area contributed by atoms with Crippen molar-refractivity contribution >= 4 is 17.4 Å². The fourth-order valence-electron chi connectivity index (χ4n) is 6.97. The molecule has 51 heavy (non-hydrogen) atoms. The molecule has 1 fully saturated rings. The smallest absolute Gasteiger partial charge is 0.419 e. The number of aromatic nitrogens is 2.